The van der Waals surface area contributed by atoms with Crippen molar-refractivity contribution in [3.63, 3.8) is 0 Å². The smallest absolute Gasteiger partial charge is 0.259 e. The van der Waals surface area contributed by atoms with Crippen molar-refractivity contribution < 1.29 is 14.3 Å². The molecular formula is C18H19N3O3. The number of methoxy groups -OCH3 is 1. The van der Waals surface area contributed by atoms with Crippen molar-refractivity contribution in [1.82, 2.24) is 10.7 Å². The van der Waals surface area contributed by atoms with E-state index in [0.717, 1.165) is 16.9 Å². The van der Waals surface area contributed by atoms with E-state index in [1.165, 1.54) is 6.21 Å². The van der Waals surface area contributed by atoms with E-state index in [2.05, 4.69) is 15.8 Å². The molecule has 0 saturated heterocycles. The first kappa shape index (κ1) is 17.2. The van der Waals surface area contributed by atoms with Crippen LogP contribution >= 0.6 is 0 Å². The average molecular weight is 325 g/mol. The number of amides is 2. The van der Waals surface area contributed by atoms with E-state index in [1.54, 1.807) is 37.4 Å². The number of ether oxygens (including phenoxy) is 1. The summed E-state index contributed by atoms with van der Waals surface area (Å²) in [6.07, 6.45) is 1.51. The molecule has 6 heteroatoms. The summed E-state index contributed by atoms with van der Waals surface area (Å²) in [6, 6.07) is 14.4. The largest absolute Gasteiger partial charge is 0.497 e. The van der Waals surface area contributed by atoms with Gasteiger partial charge in [0.05, 0.1) is 19.9 Å². The van der Waals surface area contributed by atoms with Gasteiger partial charge in [-0.2, -0.15) is 5.10 Å². The number of rotatable bonds is 6. The second kappa shape index (κ2) is 8.47. The van der Waals surface area contributed by atoms with Crippen LogP contribution in [0.1, 0.15) is 21.5 Å². The fourth-order valence-electron chi connectivity index (χ4n) is 1.96. The molecule has 0 aliphatic carbocycles. The van der Waals surface area contributed by atoms with Crippen molar-refractivity contribution >= 4 is 18.0 Å². The molecule has 0 radical (unpaired) electrons. The summed E-state index contributed by atoms with van der Waals surface area (Å²) in [4.78, 5) is 23.6. The predicted molar refractivity (Wildman–Crippen MR) is 92.2 cm³/mol. The Kier molecular flexibility index (Phi) is 6.08. The standard InChI is InChI=1S/C18H19N3O3/c1-13-4-3-5-15(10-13)18(23)19-12-17(22)21-20-11-14-6-8-16(24-2)9-7-14/h3-11H,12H2,1-2H3,(H,19,23)(H,21,22)/b20-11+. The summed E-state index contributed by atoms with van der Waals surface area (Å²) in [5, 5.41) is 6.39. The zero-order chi connectivity index (χ0) is 17.4. The number of hydrazone groups is 1. The van der Waals surface area contributed by atoms with Crippen LogP contribution in [0.3, 0.4) is 0 Å². The lowest BCUT2D eigenvalue weighted by molar-refractivity contribution is -0.120. The van der Waals surface area contributed by atoms with Gasteiger partial charge in [0.25, 0.3) is 11.8 Å². The lowest BCUT2D eigenvalue weighted by atomic mass is 10.1. The van der Waals surface area contributed by atoms with Crippen LogP contribution in [0, 0.1) is 6.92 Å². The Morgan fingerprint density at radius 3 is 2.58 bits per heavy atom. The third-order valence-electron chi connectivity index (χ3n) is 3.21. The summed E-state index contributed by atoms with van der Waals surface area (Å²) in [7, 11) is 1.59. The van der Waals surface area contributed by atoms with Crippen LogP contribution in [0.2, 0.25) is 0 Å². The van der Waals surface area contributed by atoms with E-state index in [9.17, 15) is 9.59 Å². The van der Waals surface area contributed by atoms with Crippen molar-refractivity contribution in [3.05, 3.63) is 65.2 Å². The van der Waals surface area contributed by atoms with Gasteiger partial charge in [-0.25, -0.2) is 5.43 Å². The van der Waals surface area contributed by atoms with Gasteiger partial charge in [0.15, 0.2) is 0 Å². The molecule has 0 atom stereocenters. The van der Waals surface area contributed by atoms with Gasteiger partial charge in [-0.15, -0.1) is 0 Å². The summed E-state index contributed by atoms with van der Waals surface area (Å²) >= 11 is 0. The summed E-state index contributed by atoms with van der Waals surface area (Å²) in [6.45, 7) is 1.75. The van der Waals surface area contributed by atoms with Crippen LogP contribution in [-0.4, -0.2) is 31.7 Å². The fourth-order valence-corrected chi connectivity index (χ4v) is 1.96. The average Bonchev–Trinajstić information content (AvgIpc) is 2.60. The second-order valence-electron chi connectivity index (χ2n) is 5.12. The SMILES string of the molecule is COc1ccc(/C=N/NC(=O)CNC(=O)c2cccc(C)c2)cc1. The molecule has 0 aliphatic rings. The molecule has 6 nitrogen and oxygen atoms in total. The van der Waals surface area contributed by atoms with E-state index in [-0.39, 0.29) is 12.5 Å². The van der Waals surface area contributed by atoms with Gasteiger partial charge in [-0.1, -0.05) is 17.7 Å². The second-order valence-corrected chi connectivity index (χ2v) is 5.12. The Balaban J connectivity index is 1.78. The zero-order valence-corrected chi connectivity index (χ0v) is 13.6. The highest BCUT2D eigenvalue weighted by atomic mass is 16.5. The van der Waals surface area contributed by atoms with Gasteiger partial charge in [-0.05, 0) is 48.9 Å². The maximum atomic E-state index is 11.9. The van der Waals surface area contributed by atoms with Crippen LogP contribution in [0.4, 0.5) is 0 Å². The highest BCUT2D eigenvalue weighted by Crippen LogP contribution is 2.09. The maximum Gasteiger partial charge on any atom is 0.259 e. The molecule has 0 unspecified atom stereocenters. The third-order valence-corrected chi connectivity index (χ3v) is 3.21. The van der Waals surface area contributed by atoms with Gasteiger partial charge in [0.1, 0.15) is 5.75 Å². The number of carbonyl (C=O) groups is 2. The Labute approximate surface area is 140 Å². The number of hydrogen-bond acceptors (Lipinski definition) is 4. The summed E-state index contributed by atoms with van der Waals surface area (Å²) < 4.78 is 5.06. The molecule has 0 spiro atoms. The van der Waals surface area contributed by atoms with E-state index < -0.39 is 5.91 Å². The number of nitrogens with one attached hydrogen (secondary N) is 2. The molecule has 2 amide bonds. The molecule has 124 valence electrons. The first-order valence-electron chi connectivity index (χ1n) is 7.39. The van der Waals surface area contributed by atoms with Gasteiger partial charge in [-0.3, -0.25) is 9.59 Å². The van der Waals surface area contributed by atoms with E-state index in [4.69, 9.17) is 4.74 Å². The van der Waals surface area contributed by atoms with Crippen LogP contribution < -0.4 is 15.5 Å². The number of nitrogens with zero attached hydrogens (tertiary/aromatic N) is 1. The topological polar surface area (TPSA) is 79.8 Å². The Hall–Kier alpha value is -3.15. The van der Waals surface area contributed by atoms with Crippen molar-refractivity contribution in [2.24, 2.45) is 5.10 Å². The Morgan fingerprint density at radius 2 is 1.92 bits per heavy atom. The number of carbonyl (C=O) groups excluding carboxylic acids is 2. The molecular weight excluding hydrogens is 306 g/mol. The maximum absolute atomic E-state index is 11.9. The van der Waals surface area contributed by atoms with Crippen LogP contribution in [0.5, 0.6) is 5.75 Å². The highest BCUT2D eigenvalue weighted by molar-refractivity contribution is 5.96. The molecule has 2 aromatic carbocycles. The fraction of sp³-hybridized carbons (Fsp3) is 0.167. The van der Waals surface area contributed by atoms with E-state index in [1.807, 2.05) is 25.1 Å². The van der Waals surface area contributed by atoms with Crippen LogP contribution in [0.25, 0.3) is 0 Å². The molecule has 2 N–H and O–H groups in total. The molecule has 2 rings (SSSR count). The lowest BCUT2D eigenvalue weighted by Crippen LogP contribution is -2.34. The highest BCUT2D eigenvalue weighted by Gasteiger charge is 2.07. The lowest BCUT2D eigenvalue weighted by Gasteiger charge is -2.05. The molecule has 0 bridgehead atoms. The van der Waals surface area contributed by atoms with Crippen molar-refractivity contribution in [2.75, 3.05) is 13.7 Å². The normalized spacial score (nSPS) is 10.4. The van der Waals surface area contributed by atoms with Crippen molar-refractivity contribution in [3.8, 4) is 5.75 Å². The van der Waals surface area contributed by atoms with Gasteiger partial charge in [0.2, 0.25) is 0 Å². The molecule has 0 aromatic heterocycles. The molecule has 2 aromatic rings. The molecule has 0 saturated carbocycles. The van der Waals surface area contributed by atoms with Gasteiger partial charge in [0, 0.05) is 5.56 Å². The predicted octanol–water partition coefficient (Wildman–Crippen LogP) is 1.88. The van der Waals surface area contributed by atoms with Gasteiger partial charge >= 0.3 is 0 Å². The zero-order valence-electron chi connectivity index (χ0n) is 13.6. The number of hydrogen-bond donors (Lipinski definition) is 2. The number of aryl methyl sites for hydroxylation is 1. The van der Waals surface area contributed by atoms with Crippen molar-refractivity contribution in [1.29, 1.82) is 0 Å². The minimum absolute atomic E-state index is 0.146. The first-order valence-corrected chi connectivity index (χ1v) is 7.39. The van der Waals surface area contributed by atoms with E-state index in [0.29, 0.717) is 5.56 Å². The third kappa shape index (κ3) is 5.24. The molecule has 0 aliphatic heterocycles. The monoisotopic (exact) mass is 325 g/mol. The minimum Gasteiger partial charge on any atom is -0.497 e. The number of benzene rings is 2. The van der Waals surface area contributed by atoms with Crippen LogP contribution in [0.15, 0.2) is 53.6 Å². The Bertz CT molecular complexity index is 739. The quantitative estimate of drug-likeness (QED) is 0.629. The molecule has 24 heavy (non-hydrogen) atoms. The molecule has 0 heterocycles. The summed E-state index contributed by atoms with van der Waals surface area (Å²) in [5.41, 5.74) is 4.68. The van der Waals surface area contributed by atoms with Gasteiger partial charge < -0.3 is 10.1 Å². The summed E-state index contributed by atoms with van der Waals surface area (Å²) in [5.74, 6) is 0.0452. The Morgan fingerprint density at radius 1 is 1.17 bits per heavy atom. The van der Waals surface area contributed by atoms with E-state index >= 15 is 0 Å². The van der Waals surface area contributed by atoms with Crippen LogP contribution in [-0.2, 0) is 4.79 Å². The minimum atomic E-state index is -0.402. The molecule has 0 fully saturated rings. The first-order chi connectivity index (χ1) is 11.6. The van der Waals surface area contributed by atoms with Crippen molar-refractivity contribution in [2.45, 2.75) is 6.92 Å².